The molecule has 0 saturated carbocycles. The van der Waals surface area contributed by atoms with E-state index in [1.54, 1.807) is 11.8 Å². The highest BCUT2D eigenvalue weighted by Crippen LogP contribution is 2.26. The molecule has 112 valence electrons. The number of carbonyl (C=O) groups is 1. The molecule has 21 heavy (non-hydrogen) atoms. The van der Waals surface area contributed by atoms with Crippen LogP contribution in [0.2, 0.25) is 0 Å². The number of hydrogen-bond donors (Lipinski definition) is 1. The molecule has 2 aromatic carbocycles. The second kappa shape index (κ2) is 8.05. The van der Waals surface area contributed by atoms with Gasteiger partial charge in [0.2, 0.25) is 0 Å². The van der Waals surface area contributed by atoms with E-state index in [0.717, 1.165) is 12.3 Å². The molecule has 1 N–H and O–H groups in total. The van der Waals surface area contributed by atoms with Crippen molar-refractivity contribution >= 4 is 28.5 Å². The zero-order valence-corrected chi connectivity index (χ0v) is 13.3. The average molecular weight is 303 g/mol. The van der Waals surface area contributed by atoms with Gasteiger partial charge in [0.1, 0.15) is 0 Å². The second-order valence-corrected chi connectivity index (χ2v) is 5.80. The van der Waals surface area contributed by atoms with Crippen molar-refractivity contribution in [2.75, 3.05) is 25.2 Å². The van der Waals surface area contributed by atoms with Crippen LogP contribution in [0.25, 0.3) is 10.8 Å². The molecule has 0 aliphatic rings. The Hall–Kier alpha value is -1.52. The highest BCUT2D eigenvalue weighted by Gasteiger charge is 2.14. The highest BCUT2D eigenvalue weighted by atomic mass is 32.2. The molecule has 0 fully saturated rings. The summed E-state index contributed by atoms with van der Waals surface area (Å²) in [7, 11) is 1.43. The summed E-state index contributed by atoms with van der Waals surface area (Å²) >= 11 is 1.60. The largest absolute Gasteiger partial charge is 0.468 e. The Kier molecular flexibility index (Phi) is 6.08. The van der Waals surface area contributed by atoms with Crippen LogP contribution >= 0.6 is 11.8 Å². The third kappa shape index (κ3) is 4.22. The fraction of sp³-hybridized carbons (Fsp3) is 0.353. The third-order valence-electron chi connectivity index (χ3n) is 3.38. The molecule has 0 aliphatic carbocycles. The summed E-state index contributed by atoms with van der Waals surface area (Å²) in [5, 5.41) is 6.02. The lowest BCUT2D eigenvalue weighted by Gasteiger charge is -2.20. The first-order valence-electron chi connectivity index (χ1n) is 7.12. The Morgan fingerprint density at radius 1 is 1.24 bits per heavy atom. The van der Waals surface area contributed by atoms with Gasteiger partial charge in [-0.3, -0.25) is 4.79 Å². The minimum absolute atomic E-state index is 0.173. The van der Waals surface area contributed by atoms with E-state index in [4.69, 9.17) is 0 Å². The maximum absolute atomic E-state index is 11.2. The van der Waals surface area contributed by atoms with Gasteiger partial charge < -0.3 is 10.1 Å². The fourth-order valence-electron chi connectivity index (χ4n) is 2.38. The Balaban J connectivity index is 2.17. The van der Waals surface area contributed by atoms with Crippen LogP contribution < -0.4 is 5.32 Å². The Bertz CT molecular complexity index is 595. The van der Waals surface area contributed by atoms with E-state index in [-0.39, 0.29) is 12.0 Å². The summed E-state index contributed by atoms with van der Waals surface area (Å²) in [6, 6.07) is 15.0. The van der Waals surface area contributed by atoms with Crippen molar-refractivity contribution in [2.24, 2.45) is 0 Å². The molecule has 0 spiro atoms. The number of thioether (sulfide) groups is 1. The standard InChI is InChI=1S/C17H21NO2S/c1-3-18-16(11-21-12-17(19)20-2)15-10-6-8-13-7-4-5-9-14(13)15/h4-10,16,18H,3,11-12H2,1-2H3. The molecule has 2 rings (SSSR count). The molecular weight excluding hydrogens is 282 g/mol. The van der Waals surface area contributed by atoms with Crippen LogP contribution in [0.4, 0.5) is 0 Å². The first-order chi connectivity index (χ1) is 10.3. The maximum atomic E-state index is 11.2. The molecule has 0 bridgehead atoms. The molecule has 0 aliphatic heterocycles. The lowest BCUT2D eigenvalue weighted by atomic mass is 9.99. The Labute approximate surface area is 130 Å². The summed E-state index contributed by atoms with van der Waals surface area (Å²) in [6.07, 6.45) is 0. The van der Waals surface area contributed by atoms with Gasteiger partial charge in [-0.25, -0.2) is 0 Å². The highest BCUT2D eigenvalue weighted by molar-refractivity contribution is 7.99. The number of nitrogens with one attached hydrogen (secondary N) is 1. The first-order valence-corrected chi connectivity index (χ1v) is 8.27. The molecular formula is C17H21NO2S. The van der Waals surface area contributed by atoms with Crippen molar-refractivity contribution in [1.82, 2.24) is 5.32 Å². The molecule has 0 radical (unpaired) electrons. The molecule has 4 heteroatoms. The van der Waals surface area contributed by atoms with Gasteiger partial charge in [-0.15, -0.1) is 11.8 Å². The Morgan fingerprint density at radius 2 is 2.00 bits per heavy atom. The fourth-order valence-corrected chi connectivity index (χ4v) is 3.31. The van der Waals surface area contributed by atoms with E-state index >= 15 is 0 Å². The van der Waals surface area contributed by atoms with Crippen LogP contribution in [-0.2, 0) is 9.53 Å². The van der Waals surface area contributed by atoms with Gasteiger partial charge in [-0.05, 0) is 22.9 Å². The van der Waals surface area contributed by atoms with Gasteiger partial charge >= 0.3 is 5.97 Å². The predicted molar refractivity (Wildman–Crippen MR) is 89.7 cm³/mol. The van der Waals surface area contributed by atoms with Crippen LogP contribution in [0.1, 0.15) is 18.5 Å². The molecule has 3 nitrogen and oxygen atoms in total. The van der Waals surface area contributed by atoms with E-state index in [1.807, 2.05) is 0 Å². The van der Waals surface area contributed by atoms with Crippen molar-refractivity contribution in [3.8, 4) is 0 Å². The van der Waals surface area contributed by atoms with E-state index in [2.05, 4.69) is 59.4 Å². The van der Waals surface area contributed by atoms with Crippen LogP contribution in [0.3, 0.4) is 0 Å². The first kappa shape index (κ1) is 15.9. The van der Waals surface area contributed by atoms with Gasteiger partial charge in [0.25, 0.3) is 0 Å². The molecule has 0 heterocycles. The zero-order valence-electron chi connectivity index (χ0n) is 12.5. The molecule has 1 atom stereocenters. The topological polar surface area (TPSA) is 38.3 Å². The summed E-state index contributed by atoms with van der Waals surface area (Å²) in [5.74, 6) is 1.06. The maximum Gasteiger partial charge on any atom is 0.315 e. The lowest BCUT2D eigenvalue weighted by molar-refractivity contribution is -0.137. The third-order valence-corrected chi connectivity index (χ3v) is 4.39. The Morgan fingerprint density at radius 3 is 2.76 bits per heavy atom. The van der Waals surface area contributed by atoms with Gasteiger partial charge in [-0.2, -0.15) is 0 Å². The number of carbonyl (C=O) groups excluding carboxylic acids is 1. The monoisotopic (exact) mass is 303 g/mol. The van der Waals surface area contributed by atoms with Crippen LogP contribution in [-0.4, -0.2) is 31.1 Å². The number of rotatable bonds is 7. The van der Waals surface area contributed by atoms with E-state index in [0.29, 0.717) is 5.75 Å². The molecule has 0 aromatic heterocycles. The number of methoxy groups -OCH3 is 1. The van der Waals surface area contributed by atoms with Crippen LogP contribution in [0.5, 0.6) is 0 Å². The summed E-state index contributed by atoms with van der Waals surface area (Å²) in [4.78, 5) is 11.2. The van der Waals surface area contributed by atoms with Crippen molar-refractivity contribution in [3.63, 3.8) is 0 Å². The quantitative estimate of drug-likeness (QED) is 0.796. The average Bonchev–Trinajstić information content (AvgIpc) is 2.53. The number of hydrogen-bond acceptors (Lipinski definition) is 4. The number of ether oxygens (including phenoxy) is 1. The smallest absolute Gasteiger partial charge is 0.315 e. The van der Waals surface area contributed by atoms with Crippen molar-refractivity contribution < 1.29 is 9.53 Å². The number of fused-ring (bicyclic) bond motifs is 1. The molecule has 0 saturated heterocycles. The van der Waals surface area contributed by atoms with E-state index in [1.165, 1.54) is 23.4 Å². The van der Waals surface area contributed by atoms with E-state index in [9.17, 15) is 4.79 Å². The molecule has 1 unspecified atom stereocenters. The minimum Gasteiger partial charge on any atom is -0.468 e. The van der Waals surface area contributed by atoms with Crippen LogP contribution in [0, 0.1) is 0 Å². The van der Waals surface area contributed by atoms with Gasteiger partial charge in [0.05, 0.1) is 12.9 Å². The van der Waals surface area contributed by atoms with E-state index < -0.39 is 0 Å². The number of benzene rings is 2. The normalized spacial score (nSPS) is 12.3. The SMILES string of the molecule is CCNC(CSCC(=O)OC)c1cccc2ccccc12. The second-order valence-electron chi connectivity index (χ2n) is 4.77. The minimum atomic E-state index is -0.173. The van der Waals surface area contributed by atoms with Gasteiger partial charge in [0.15, 0.2) is 0 Å². The summed E-state index contributed by atoms with van der Waals surface area (Å²) < 4.78 is 4.69. The molecule has 2 aromatic rings. The predicted octanol–water partition coefficient (Wildman–Crippen LogP) is 3.40. The van der Waals surface area contributed by atoms with Crippen LogP contribution in [0.15, 0.2) is 42.5 Å². The van der Waals surface area contributed by atoms with Gasteiger partial charge in [-0.1, -0.05) is 49.4 Å². The number of esters is 1. The lowest BCUT2D eigenvalue weighted by Crippen LogP contribution is -2.23. The molecule has 0 amide bonds. The summed E-state index contributed by atoms with van der Waals surface area (Å²) in [6.45, 7) is 3.00. The van der Waals surface area contributed by atoms with Gasteiger partial charge in [0, 0.05) is 11.8 Å². The van der Waals surface area contributed by atoms with Crippen molar-refractivity contribution in [1.29, 1.82) is 0 Å². The zero-order chi connectivity index (χ0) is 15.1. The van der Waals surface area contributed by atoms with Crippen molar-refractivity contribution in [2.45, 2.75) is 13.0 Å². The van der Waals surface area contributed by atoms with Crippen molar-refractivity contribution in [3.05, 3.63) is 48.0 Å². The summed E-state index contributed by atoms with van der Waals surface area (Å²) in [5.41, 5.74) is 1.28.